The van der Waals surface area contributed by atoms with Gasteiger partial charge >= 0.3 is 11.9 Å². The van der Waals surface area contributed by atoms with Crippen molar-refractivity contribution in [1.82, 2.24) is 0 Å². The first-order valence-corrected chi connectivity index (χ1v) is 7.67. The summed E-state index contributed by atoms with van der Waals surface area (Å²) in [4.78, 5) is 23.8. The second-order valence-corrected chi connectivity index (χ2v) is 5.46. The molecule has 0 saturated heterocycles. The van der Waals surface area contributed by atoms with Crippen molar-refractivity contribution in [3.63, 3.8) is 0 Å². The van der Waals surface area contributed by atoms with Gasteiger partial charge in [0.05, 0.1) is 35.4 Å². The van der Waals surface area contributed by atoms with Crippen LogP contribution in [0, 0.1) is 0 Å². The molecule has 0 aliphatic heterocycles. The summed E-state index contributed by atoms with van der Waals surface area (Å²) >= 11 is 12.8. The number of carbonyl (C=O) groups excluding carboxylic acids is 2. The van der Waals surface area contributed by atoms with Crippen LogP contribution in [0.25, 0.3) is 10.1 Å². The van der Waals surface area contributed by atoms with Crippen molar-refractivity contribution in [3.8, 4) is 0 Å². The first-order valence-electron chi connectivity index (χ1n) is 6.92. The molecule has 0 aromatic heterocycles. The van der Waals surface area contributed by atoms with Crippen LogP contribution in [0.3, 0.4) is 0 Å². The van der Waals surface area contributed by atoms with Crippen molar-refractivity contribution in [2.24, 2.45) is 0 Å². The van der Waals surface area contributed by atoms with E-state index in [-0.39, 0.29) is 21.2 Å². The van der Waals surface area contributed by atoms with Crippen LogP contribution in [-0.2, 0) is 9.47 Å². The van der Waals surface area contributed by atoms with Gasteiger partial charge in [0.1, 0.15) is 0 Å². The molecule has 0 aliphatic rings. The van der Waals surface area contributed by atoms with Crippen LogP contribution in [0.1, 0.15) is 31.8 Å². The average molecular weight is 365 g/mol. The molecule has 0 saturated carbocycles. The number of benzene rings is 2. The second kappa shape index (κ2) is 7.99. The molecule has 6 heteroatoms. The number of methoxy groups -OCH3 is 2. The second-order valence-electron chi connectivity index (χ2n) is 4.70. The monoisotopic (exact) mass is 364 g/mol. The van der Waals surface area contributed by atoms with Gasteiger partial charge in [-0.25, -0.2) is 9.59 Å². The fourth-order valence-electron chi connectivity index (χ4n) is 2.16. The molecule has 0 radical (unpaired) electrons. The molecule has 0 fully saturated rings. The van der Waals surface area contributed by atoms with Crippen LogP contribution in [0.2, 0.25) is 0 Å². The Morgan fingerprint density at radius 1 is 0.667 bits per heavy atom. The fourth-order valence-corrected chi connectivity index (χ4v) is 2.69. The summed E-state index contributed by atoms with van der Waals surface area (Å²) in [5, 5.41) is 0.267. The first kappa shape index (κ1) is 18.0. The SMILES string of the molecule is COC(=O)c1ccccc1/C(Cl)=C(\Cl)c1ccccc1C(=O)OC. The number of ether oxygens (including phenoxy) is 2. The van der Waals surface area contributed by atoms with Crippen LogP contribution in [0.4, 0.5) is 0 Å². The number of esters is 2. The highest BCUT2D eigenvalue weighted by Gasteiger charge is 2.20. The maximum absolute atomic E-state index is 11.9. The normalized spacial score (nSPS) is 11.5. The molecule has 4 nitrogen and oxygen atoms in total. The molecule has 0 N–H and O–H groups in total. The van der Waals surface area contributed by atoms with E-state index in [2.05, 4.69) is 0 Å². The molecular formula is C18H14Cl2O4. The molecule has 2 aromatic carbocycles. The molecule has 0 spiro atoms. The Morgan fingerprint density at radius 2 is 0.958 bits per heavy atom. The molecular weight excluding hydrogens is 351 g/mol. The summed E-state index contributed by atoms with van der Waals surface area (Å²) in [5.74, 6) is -1.07. The van der Waals surface area contributed by atoms with E-state index in [1.807, 2.05) is 0 Å². The molecule has 0 bridgehead atoms. The van der Waals surface area contributed by atoms with Crippen molar-refractivity contribution in [3.05, 3.63) is 70.8 Å². The lowest BCUT2D eigenvalue weighted by molar-refractivity contribution is 0.0591. The highest BCUT2D eigenvalue weighted by atomic mass is 35.5. The van der Waals surface area contributed by atoms with E-state index >= 15 is 0 Å². The van der Waals surface area contributed by atoms with Gasteiger partial charge in [-0.1, -0.05) is 59.6 Å². The molecule has 0 heterocycles. The van der Waals surface area contributed by atoms with E-state index in [9.17, 15) is 9.59 Å². The zero-order valence-corrected chi connectivity index (χ0v) is 14.5. The summed E-state index contributed by atoms with van der Waals surface area (Å²) in [6.45, 7) is 0. The Labute approximate surface area is 149 Å². The summed E-state index contributed by atoms with van der Waals surface area (Å²) in [6.07, 6.45) is 0. The predicted molar refractivity (Wildman–Crippen MR) is 94.1 cm³/mol. The maximum Gasteiger partial charge on any atom is 0.338 e. The highest BCUT2D eigenvalue weighted by molar-refractivity contribution is 6.65. The fraction of sp³-hybridized carbons (Fsp3) is 0.111. The number of carbonyl (C=O) groups is 2. The number of halogens is 2. The quantitative estimate of drug-likeness (QED) is 0.589. The predicted octanol–water partition coefficient (Wildman–Crippen LogP) is 4.56. The summed E-state index contributed by atoms with van der Waals surface area (Å²) in [6, 6.07) is 13.3. The van der Waals surface area contributed by atoms with Gasteiger partial charge in [0.2, 0.25) is 0 Å². The first-order chi connectivity index (χ1) is 11.5. The third-order valence-corrected chi connectivity index (χ3v) is 4.21. The Balaban J connectivity index is 2.62. The molecule has 124 valence electrons. The maximum atomic E-state index is 11.9. The minimum absolute atomic E-state index is 0.133. The molecule has 24 heavy (non-hydrogen) atoms. The van der Waals surface area contributed by atoms with E-state index in [0.717, 1.165) is 0 Å². The zero-order chi connectivity index (χ0) is 17.7. The van der Waals surface area contributed by atoms with Gasteiger partial charge in [0.15, 0.2) is 0 Å². The number of hydrogen-bond acceptors (Lipinski definition) is 4. The lowest BCUT2D eigenvalue weighted by atomic mass is 10.0. The molecule has 0 atom stereocenters. The lowest BCUT2D eigenvalue weighted by Gasteiger charge is -2.11. The molecule has 2 aromatic rings. The standard InChI is InChI=1S/C18H14Cl2O4/c1-23-17(21)13-9-5-3-7-11(13)15(19)16(20)12-8-4-6-10-14(12)18(22)24-2/h3-10H,1-2H3/b16-15+. The van der Waals surface area contributed by atoms with Crippen molar-refractivity contribution in [2.45, 2.75) is 0 Å². The molecule has 0 unspecified atom stereocenters. The van der Waals surface area contributed by atoms with Gasteiger partial charge in [-0.2, -0.15) is 0 Å². The van der Waals surface area contributed by atoms with Crippen molar-refractivity contribution >= 4 is 45.2 Å². The Hall–Kier alpha value is -2.30. The lowest BCUT2D eigenvalue weighted by Crippen LogP contribution is -2.06. The van der Waals surface area contributed by atoms with E-state index in [1.54, 1.807) is 48.5 Å². The summed E-state index contributed by atoms with van der Waals surface area (Å²) in [5.41, 5.74) is 1.38. The number of rotatable bonds is 4. The third-order valence-electron chi connectivity index (χ3n) is 3.33. The highest BCUT2D eigenvalue weighted by Crippen LogP contribution is 2.36. The summed E-state index contributed by atoms with van der Waals surface area (Å²) in [7, 11) is 2.57. The van der Waals surface area contributed by atoms with Crippen LogP contribution in [-0.4, -0.2) is 26.2 Å². The Kier molecular flexibility index (Phi) is 6.01. The van der Waals surface area contributed by atoms with Crippen molar-refractivity contribution < 1.29 is 19.1 Å². The van der Waals surface area contributed by atoms with Crippen molar-refractivity contribution in [2.75, 3.05) is 14.2 Å². The van der Waals surface area contributed by atoms with Gasteiger partial charge in [0.25, 0.3) is 0 Å². The van der Waals surface area contributed by atoms with E-state index in [1.165, 1.54) is 14.2 Å². The van der Waals surface area contributed by atoms with Crippen molar-refractivity contribution in [1.29, 1.82) is 0 Å². The Morgan fingerprint density at radius 3 is 1.25 bits per heavy atom. The van der Waals surface area contributed by atoms with Gasteiger partial charge < -0.3 is 9.47 Å². The number of hydrogen-bond donors (Lipinski definition) is 0. The summed E-state index contributed by atoms with van der Waals surface area (Å²) < 4.78 is 9.51. The minimum Gasteiger partial charge on any atom is -0.465 e. The van der Waals surface area contributed by atoms with E-state index in [4.69, 9.17) is 32.7 Å². The minimum atomic E-state index is -0.533. The van der Waals surface area contributed by atoms with Gasteiger partial charge in [-0.15, -0.1) is 0 Å². The Bertz CT molecular complexity index is 745. The van der Waals surface area contributed by atoms with Crippen LogP contribution in [0.15, 0.2) is 48.5 Å². The van der Waals surface area contributed by atoms with E-state index < -0.39 is 11.9 Å². The van der Waals surface area contributed by atoms with Crippen LogP contribution in [0.5, 0.6) is 0 Å². The van der Waals surface area contributed by atoms with Gasteiger partial charge in [-0.05, 0) is 12.1 Å². The van der Waals surface area contributed by atoms with Crippen LogP contribution >= 0.6 is 23.2 Å². The van der Waals surface area contributed by atoms with Gasteiger partial charge in [0, 0.05) is 11.1 Å². The topological polar surface area (TPSA) is 52.6 Å². The average Bonchev–Trinajstić information content (AvgIpc) is 2.65. The zero-order valence-electron chi connectivity index (χ0n) is 13.0. The molecule has 2 rings (SSSR count). The van der Waals surface area contributed by atoms with E-state index in [0.29, 0.717) is 11.1 Å². The molecule has 0 amide bonds. The molecule has 0 aliphatic carbocycles. The smallest absolute Gasteiger partial charge is 0.338 e. The van der Waals surface area contributed by atoms with Gasteiger partial charge in [-0.3, -0.25) is 0 Å². The largest absolute Gasteiger partial charge is 0.465 e. The van der Waals surface area contributed by atoms with Crippen LogP contribution < -0.4 is 0 Å². The third kappa shape index (κ3) is 3.61.